The van der Waals surface area contributed by atoms with Gasteiger partial charge in [-0.25, -0.2) is 4.79 Å². The van der Waals surface area contributed by atoms with E-state index in [1.54, 1.807) is 4.90 Å². The summed E-state index contributed by atoms with van der Waals surface area (Å²) in [7, 11) is 0. The molecule has 12 heavy (non-hydrogen) atoms. The molecule has 0 aliphatic carbocycles. The molecule has 1 aliphatic rings. The monoisotopic (exact) mass is 169 g/mol. The Morgan fingerprint density at radius 3 is 3.00 bits per heavy atom. The summed E-state index contributed by atoms with van der Waals surface area (Å²) >= 11 is 0. The Bertz CT molecular complexity index is 179. The zero-order valence-electron chi connectivity index (χ0n) is 7.45. The second kappa shape index (κ2) is 4.14. The van der Waals surface area contributed by atoms with Crippen LogP contribution in [0, 0.1) is 0 Å². The minimum absolute atomic E-state index is 0.177. The Balaban J connectivity index is 2.51. The summed E-state index contributed by atoms with van der Waals surface area (Å²) in [6, 6.07) is 0.275. The molecular formula is C9H15NO2. The topological polar surface area (TPSA) is 29.5 Å². The number of carbonyl (C=O) groups is 1. The number of rotatable bonds is 4. The van der Waals surface area contributed by atoms with Crippen molar-refractivity contribution in [1.82, 2.24) is 4.90 Å². The first-order chi connectivity index (χ1) is 5.79. The molecule has 0 aromatic heterocycles. The molecule has 0 bridgehead atoms. The van der Waals surface area contributed by atoms with E-state index in [1.165, 1.54) is 0 Å². The lowest BCUT2D eigenvalue weighted by Gasteiger charge is -2.22. The van der Waals surface area contributed by atoms with Crippen LogP contribution < -0.4 is 0 Å². The highest BCUT2D eigenvalue weighted by Gasteiger charge is 2.27. The first kappa shape index (κ1) is 9.10. The number of hydrogen-bond acceptors (Lipinski definition) is 2. The predicted molar refractivity (Wildman–Crippen MR) is 46.9 cm³/mol. The molecule has 1 aliphatic heterocycles. The molecule has 1 atom stereocenters. The smallest absolute Gasteiger partial charge is 0.410 e. The van der Waals surface area contributed by atoms with Gasteiger partial charge in [0.15, 0.2) is 0 Å². The van der Waals surface area contributed by atoms with Crippen molar-refractivity contribution >= 4 is 6.09 Å². The van der Waals surface area contributed by atoms with Crippen LogP contribution >= 0.6 is 0 Å². The molecule has 1 fully saturated rings. The van der Waals surface area contributed by atoms with Gasteiger partial charge in [0.1, 0.15) is 6.61 Å². The van der Waals surface area contributed by atoms with Crippen LogP contribution in [-0.4, -0.2) is 30.2 Å². The van der Waals surface area contributed by atoms with Gasteiger partial charge in [-0.1, -0.05) is 13.0 Å². The van der Waals surface area contributed by atoms with Gasteiger partial charge in [-0.2, -0.15) is 0 Å². The second-order valence-electron chi connectivity index (χ2n) is 2.89. The van der Waals surface area contributed by atoms with Crippen LogP contribution in [0.1, 0.15) is 19.8 Å². The average Bonchev–Trinajstić information content (AvgIpc) is 2.47. The summed E-state index contributed by atoms with van der Waals surface area (Å²) < 4.78 is 4.85. The quantitative estimate of drug-likeness (QED) is 0.600. The second-order valence-corrected chi connectivity index (χ2v) is 2.89. The van der Waals surface area contributed by atoms with E-state index >= 15 is 0 Å². The van der Waals surface area contributed by atoms with E-state index in [0.29, 0.717) is 6.61 Å². The molecule has 1 heterocycles. The number of ether oxygens (including phenoxy) is 1. The minimum atomic E-state index is -0.177. The van der Waals surface area contributed by atoms with Gasteiger partial charge in [0.05, 0.1) is 6.54 Å². The average molecular weight is 169 g/mol. The molecule has 0 aromatic rings. The van der Waals surface area contributed by atoms with Crippen LogP contribution in [0.2, 0.25) is 0 Å². The van der Waals surface area contributed by atoms with Crippen molar-refractivity contribution in [3.63, 3.8) is 0 Å². The fraction of sp³-hybridized carbons (Fsp3) is 0.667. The number of amides is 1. The predicted octanol–water partition coefficient (Wildman–Crippen LogP) is 1.79. The fourth-order valence-electron chi connectivity index (χ4n) is 1.44. The highest BCUT2D eigenvalue weighted by atomic mass is 16.6. The van der Waals surface area contributed by atoms with Crippen LogP contribution in [0.3, 0.4) is 0 Å². The third-order valence-electron chi connectivity index (χ3n) is 2.14. The normalized spacial score (nSPS) is 19.1. The van der Waals surface area contributed by atoms with Crippen molar-refractivity contribution in [2.24, 2.45) is 0 Å². The third kappa shape index (κ3) is 1.78. The van der Waals surface area contributed by atoms with E-state index in [0.717, 1.165) is 19.4 Å². The van der Waals surface area contributed by atoms with Crippen LogP contribution in [0.15, 0.2) is 12.7 Å². The summed E-state index contributed by atoms with van der Waals surface area (Å²) in [6.07, 6.45) is 3.48. The van der Waals surface area contributed by atoms with Crippen molar-refractivity contribution in [3.05, 3.63) is 12.7 Å². The molecule has 1 rings (SSSR count). The van der Waals surface area contributed by atoms with Gasteiger partial charge in [0, 0.05) is 6.04 Å². The van der Waals surface area contributed by atoms with E-state index in [2.05, 4.69) is 13.5 Å². The van der Waals surface area contributed by atoms with Gasteiger partial charge in [-0.3, -0.25) is 0 Å². The summed E-state index contributed by atoms with van der Waals surface area (Å²) in [5.41, 5.74) is 0. The van der Waals surface area contributed by atoms with E-state index in [-0.39, 0.29) is 12.1 Å². The summed E-state index contributed by atoms with van der Waals surface area (Å²) in [6.45, 7) is 7.00. The van der Waals surface area contributed by atoms with Gasteiger partial charge in [-0.05, 0) is 12.8 Å². The van der Waals surface area contributed by atoms with E-state index in [4.69, 9.17) is 4.74 Å². The number of nitrogens with zero attached hydrogens (tertiary/aromatic N) is 1. The molecular weight excluding hydrogens is 154 g/mol. The first-order valence-corrected chi connectivity index (χ1v) is 4.34. The van der Waals surface area contributed by atoms with Crippen molar-refractivity contribution in [1.29, 1.82) is 0 Å². The van der Waals surface area contributed by atoms with Crippen molar-refractivity contribution in [2.75, 3.05) is 13.2 Å². The van der Waals surface area contributed by atoms with E-state index in [9.17, 15) is 4.79 Å². The van der Waals surface area contributed by atoms with Crippen molar-refractivity contribution < 1.29 is 9.53 Å². The molecule has 0 saturated carbocycles. The molecule has 0 aromatic carbocycles. The Labute approximate surface area is 73.0 Å². The van der Waals surface area contributed by atoms with Crippen molar-refractivity contribution in [3.8, 4) is 0 Å². The lowest BCUT2D eigenvalue weighted by molar-refractivity contribution is 0.147. The number of cyclic esters (lactones) is 1. The van der Waals surface area contributed by atoms with Crippen LogP contribution in [-0.2, 0) is 4.74 Å². The Morgan fingerprint density at radius 2 is 2.58 bits per heavy atom. The molecule has 3 nitrogen and oxygen atoms in total. The SMILES string of the molecule is C=CCC(CC)N1CCOC1=O. The van der Waals surface area contributed by atoms with Crippen molar-refractivity contribution in [2.45, 2.75) is 25.8 Å². The highest BCUT2D eigenvalue weighted by Crippen LogP contribution is 2.14. The number of carbonyl (C=O) groups excluding carboxylic acids is 1. The van der Waals surface area contributed by atoms with Gasteiger partial charge in [0.2, 0.25) is 0 Å². The molecule has 0 spiro atoms. The maximum atomic E-state index is 11.1. The van der Waals surface area contributed by atoms with E-state index < -0.39 is 0 Å². The lowest BCUT2D eigenvalue weighted by atomic mass is 10.1. The fourth-order valence-corrected chi connectivity index (χ4v) is 1.44. The van der Waals surface area contributed by atoms with Crippen LogP contribution in [0.25, 0.3) is 0 Å². The summed E-state index contributed by atoms with van der Waals surface area (Å²) in [5.74, 6) is 0. The molecule has 0 radical (unpaired) electrons. The zero-order valence-corrected chi connectivity index (χ0v) is 7.45. The third-order valence-corrected chi connectivity index (χ3v) is 2.14. The molecule has 1 amide bonds. The minimum Gasteiger partial charge on any atom is -0.448 e. The molecule has 0 N–H and O–H groups in total. The Hall–Kier alpha value is -0.990. The molecule has 3 heteroatoms. The molecule has 1 unspecified atom stereocenters. The molecule has 68 valence electrons. The van der Waals surface area contributed by atoms with Gasteiger partial charge >= 0.3 is 6.09 Å². The zero-order chi connectivity index (χ0) is 8.97. The maximum Gasteiger partial charge on any atom is 0.410 e. The van der Waals surface area contributed by atoms with Gasteiger partial charge < -0.3 is 9.64 Å². The summed E-state index contributed by atoms with van der Waals surface area (Å²) in [4.78, 5) is 12.9. The van der Waals surface area contributed by atoms with E-state index in [1.807, 2.05) is 6.08 Å². The van der Waals surface area contributed by atoms with Crippen LogP contribution in [0.5, 0.6) is 0 Å². The Morgan fingerprint density at radius 1 is 1.83 bits per heavy atom. The Kier molecular flexibility index (Phi) is 3.14. The summed E-state index contributed by atoms with van der Waals surface area (Å²) in [5, 5.41) is 0. The highest BCUT2D eigenvalue weighted by molar-refractivity contribution is 5.69. The van der Waals surface area contributed by atoms with Crippen LogP contribution in [0.4, 0.5) is 4.79 Å². The molecule has 1 saturated heterocycles. The largest absolute Gasteiger partial charge is 0.448 e. The van der Waals surface area contributed by atoms with Gasteiger partial charge in [0.25, 0.3) is 0 Å². The first-order valence-electron chi connectivity index (χ1n) is 4.34. The van der Waals surface area contributed by atoms with Gasteiger partial charge in [-0.15, -0.1) is 6.58 Å². The number of hydrogen-bond donors (Lipinski definition) is 0. The standard InChI is InChI=1S/C9H15NO2/c1-3-5-8(4-2)10-6-7-12-9(10)11/h3,8H,1,4-7H2,2H3. The maximum absolute atomic E-state index is 11.1. The lowest BCUT2D eigenvalue weighted by Crippen LogP contribution is -2.35.